The molecule has 0 saturated carbocycles. The SMILES string of the molecule is CC(C)(C)OC(=O)NC1COc2c(Cl)ccc(Cn3c(=S)[nH]c(=O)c4[nH]ccc43)c21. The number of hydrogen-bond donors (Lipinski definition) is 3. The van der Waals surface area contributed by atoms with Crippen LogP contribution in [0.4, 0.5) is 4.79 Å². The molecule has 0 radical (unpaired) electrons. The monoisotopic (exact) mass is 448 g/mol. The van der Waals surface area contributed by atoms with Crippen molar-refractivity contribution in [3.05, 3.63) is 55.7 Å². The Hall–Kier alpha value is -2.78. The summed E-state index contributed by atoms with van der Waals surface area (Å²) in [5.74, 6) is 0.525. The number of nitrogens with one attached hydrogen (secondary N) is 3. The summed E-state index contributed by atoms with van der Waals surface area (Å²) < 4.78 is 13.3. The number of carbonyl (C=O) groups is 1. The maximum Gasteiger partial charge on any atom is 0.408 e. The van der Waals surface area contributed by atoms with Crippen molar-refractivity contribution < 1.29 is 14.3 Å². The zero-order valence-corrected chi connectivity index (χ0v) is 18.2. The van der Waals surface area contributed by atoms with Crippen molar-refractivity contribution in [2.24, 2.45) is 0 Å². The minimum absolute atomic E-state index is 0.238. The molecule has 1 aliphatic rings. The van der Waals surface area contributed by atoms with Gasteiger partial charge in [0.2, 0.25) is 0 Å². The first-order chi connectivity index (χ1) is 14.1. The molecule has 158 valence electrons. The number of benzene rings is 1. The van der Waals surface area contributed by atoms with Gasteiger partial charge in [0.1, 0.15) is 23.5 Å². The Morgan fingerprint density at radius 2 is 2.17 bits per heavy atom. The van der Waals surface area contributed by atoms with Crippen LogP contribution in [0.25, 0.3) is 11.0 Å². The summed E-state index contributed by atoms with van der Waals surface area (Å²) in [5.41, 5.74) is 1.86. The third-order valence-electron chi connectivity index (χ3n) is 4.71. The lowest BCUT2D eigenvalue weighted by Gasteiger charge is -2.22. The number of ether oxygens (including phenoxy) is 2. The molecule has 0 spiro atoms. The van der Waals surface area contributed by atoms with Gasteiger partial charge < -0.3 is 24.3 Å². The summed E-state index contributed by atoms with van der Waals surface area (Å²) in [6, 6.07) is 4.98. The van der Waals surface area contributed by atoms with Gasteiger partial charge in [-0.3, -0.25) is 9.78 Å². The fraction of sp³-hybridized carbons (Fsp3) is 0.350. The zero-order valence-electron chi connectivity index (χ0n) is 16.7. The van der Waals surface area contributed by atoms with Crippen molar-refractivity contribution in [3.8, 4) is 5.75 Å². The topological polar surface area (TPSA) is 101 Å². The van der Waals surface area contributed by atoms with Gasteiger partial charge in [0.15, 0.2) is 4.77 Å². The second-order valence-corrected chi connectivity index (χ2v) is 8.84. The molecule has 1 aromatic carbocycles. The van der Waals surface area contributed by atoms with Gasteiger partial charge in [0, 0.05) is 11.8 Å². The fourth-order valence-electron chi connectivity index (χ4n) is 3.53. The van der Waals surface area contributed by atoms with Gasteiger partial charge in [-0.15, -0.1) is 0 Å². The Morgan fingerprint density at radius 3 is 2.90 bits per heavy atom. The maximum absolute atomic E-state index is 12.3. The van der Waals surface area contributed by atoms with E-state index in [1.54, 1.807) is 39.1 Å². The van der Waals surface area contributed by atoms with Crippen molar-refractivity contribution in [3.63, 3.8) is 0 Å². The number of alkyl carbamates (subject to hydrolysis) is 1. The van der Waals surface area contributed by atoms with Gasteiger partial charge in [-0.25, -0.2) is 4.79 Å². The van der Waals surface area contributed by atoms with E-state index in [1.165, 1.54) is 0 Å². The van der Waals surface area contributed by atoms with Gasteiger partial charge in [-0.1, -0.05) is 17.7 Å². The van der Waals surface area contributed by atoms with Crippen LogP contribution in [0, 0.1) is 4.77 Å². The van der Waals surface area contributed by atoms with E-state index < -0.39 is 17.7 Å². The Bertz CT molecular complexity index is 1250. The number of fused-ring (bicyclic) bond motifs is 2. The van der Waals surface area contributed by atoms with E-state index in [2.05, 4.69) is 15.3 Å². The highest BCUT2D eigenvalue weighted by Gasteiger charge is 2.32. The molecule has 1 atom stereocenters. The van der Waals surface area contributed by atoms with Crippen molar-refractivity contribution in [1.29, 1.82) is 0 Å². The van der Waals surface area contributed by atoms with E-state index in [9.17, 15) is 9.59 Å². The Balaban J connectivity index is 1.73. The van der Waals surface area contributed by atoms with Crippen LogP contribution >= 0.6 is 23.8 Å². The molecule has 4 rings (SSSR count). The number of carbonyl (C=O) groups excluding carboxylic acids is 1. The van der Waals surface area contributed by atoms with Crippen molar-refractivity contribution >= 4 is 40.9 Å². The summed E-state index contributed by atoms with van der Waals surface area (Å²) in [6.07, 6.45) is 1.15. The Morgan fingerprint density at radius 1 is 1.40 bits per heavy atom. The van der Waals surface area contributed by atoms with E-state index in [1.807, 2.05) is 10.6 Å². The van der Waals surface area contributed by atoms with Gasteiger partial charge in [0.25, 0.3) is 5.56 Å². The highest BCUT2D eigenvalue weighted by Crippen LogP contribution is 2.41. The molecular formula is C20H21ClN4O4S. The summed E-state index contributed by atoms with van der Waals surface area (Å²) in [5, 5.41) is 3.31. The van der Waals surface area contributed by atoms with Crippen molar-refractivity contribution in [1.82, 2.24) is 19.9 Å². The number of rotatable bonds is 3. The largest absolute Gasteiger partial charge is 0.489 e. The first-order valence-corrected chi connectivity index (χ1v) is 10.2. The lowest BCUT2D eigenvalue weighted by Crippen LogP contribution is -2.35. The third kappa shape index (κ3) is 3.82. The number of amides is 1. The average molecular weight is 449 g/mol. The summed E-state index contributed by atoms with van der Waals surface area (Å²) in [4.78, 5) is 30.1. The zero-order chi connectivity index (χ0) is 21.6. The second-order valence-electron chi connectivity index (χ2n) is 8.04. The Labute approximate surface area is 182 Å². The normalized spacial score (nSPS) is 15.7. The van der Waals surface area contributed by atoms with Gasteiger partial charge in [0.05, 0.1) is 23.1 Å². The van der Waals surface area contributed by atoms with E-state index in [0.717, 1.165) is 11.1 Å². The Kier molecular flexibility index (Phi) is 5.11. The summed E-state index contributed by atoms with van der Waals surface area (Å²) in [6.45, 7) is 6.00. The number of hydrogen-bond acceptors (Lipinski definition) is 5. The predicted octanol–water partition coefficient (Wildman–Crippen LogP) is 4.05. The molecule has 3 N–H and O–H groups in total. The highest BCUT2D eigenvalue weighted by molar-refractivity contribution is 7.71. The molecule has 1 aliphatic heterocycles. The molecule has 3 heterocycles. The fourth-order valence-corrected chi connectivity index (χ4v) is 4.00. The number of aromatic amines is 2. The van der Waals surface area contributed by atoms with Gasteiger partial charge in [-0.05, 0) is 50.7 Å². The van der Waals surface area contributed by atoms with E-state index in [0.29, 0.717) is 33.1 Å². The van der Waals surface area contributed by atoms with E-state index in [-0.39, 0.29) is 12.2 Å². The summed E-state index contributed by atoms with van der Waals surface area (Å²) >= 11 is 11.7. The van der Waals surface area contributed by atoms with E-state index in [4.69, 9.17) is 33.3 Å². The van der Waals surface area contributed by atoms with Crippen LogP contribution in [-0.2, 0) is 11.3 Å². The second kappa shape index (κ2) is 7.48. The quantitative estimate of drug-likeness (QED) is 0.525. The predicted molar refractivity (Wildman–Crippen MR) is 116 cm³/mol. The van der Waals surface area contributed by atoms with Crippen molar-refractivity contribution in [2.45, 2.75) is 39.0 Å². The molecule has 0 bridgehead atoms. The molecule has 8 nitrogen and oxygen atoms in total. The molecule has 10 heteroatoms. The molecule has 0 fully saturated rings. The van der Waals surface area contributed by atoms with Crippen LogP contribution in [0.5, 0.6) is 5.75 Å². The maximum atomic E-state index is 12.3. The standard InChI is InChI=1S/C20H21ClN4O4S/c1-20(2,3)29-19(27)23-12-9-28-16-11(21)5-4-10(14(12)16)8-25-13-6-7-22-15(13)17(26)24-18(25)30/h4-7,12,22H,8-9H2,1-3H3,(H,23,27)(H,24,26,30). The molecule has 30 heavy (non-hydrogen) atoms. The molecular weight excluding hydrogens is 428 g/mol. The molecule has 2 aromatic heterocycles. The molecule has 0 aliphatic carbocycles. The molecule has 1 amide bonds. The van der Waals surface area contributed by atoms with Crippen LogP contribution in [0.1, 0.15) is 37.9 Å². The van der Waals surface area contributed by atoms with Gasteiger partial charge >= 0.3 is 6.09 Å². The number of aromatic nitrogens is 3. The number of nitrogens with zero attached hydrogens (tertiary/aromatic N) is 1. The van der Waals surface area contributed by atoms with Crippen LogP contribution < -0.4 is 15.6 Å². The van der Waals surface area contributed by atoms with Crippen LogP contribution in [0.3, 0.4) is 0 Å². The lowest BCUT2D eigenvalue weighted by atomic mass is 10.0. The smallest absolute Gasteiger partial charge is 0.408 e. The first kappa shape index (κ1) is 20.5. The minimum Gasteiger partial charge on any atom is -0.489 e. The molecule has 0 saturated heterocycles. The number of H-pyrrole nitrogens is 2. The average Bonchev–Trinajstić information content (AvgIpc) is 3.27. The molecule has 3 aromatic rings. The van der Waals surface area contributed by atoms with Crippen molar-refractivity contribution in [2.75, 3.05) is 6.61 Å². The highest BCUT2D eigenvalue weighted by atomic mass is 35.5. The van der Waals surface area contributed by atoms with E-state index >= 15 is 0 Å². The lowest BCUT2D eigenvalue weighted by molar-refractivity contribution is 0.0496. The summed E-state index contributed by atoms with van der Waals surface area (Å²) in [7, 11) is 0. The first-order valence-electron chi connectivity index (χ1n) is 9.38. The number of halogens is 1. The van der Waals surface area contributed by atoms with Gasteiger partial charge in [-0.2, -0.15) is 0 Å². The molecule has 1 unspecified atom stereocenters. The third-order valence-corrected chi connectivity index (χ3v) is 5.33. The van der Waals surface area contributed by atoms with Crippen LogP contribution in [-0.4, -0.2) is 32.8 Å². The minimum atomic E-state index is -0.619. The van der Waals surface area contributed by atoms with Crippen LogP contribution in [0.2, 0.25) is 5.02 Å². The van der Waals surface area contributed by atoms with Crippen LogP contribution in [0.15, 0.2) is 29.2 Å².